The van der Waals surface area contributed by atoms with Gasteiger partial charge in [0.1, 0.15) is 17.3 Å². The van der Waals surface area contributed by atoms with E-state index in [9.17, 15) is 4.79 Å². The van der Waals surface area contributed by atoms with Gasteiger partial charge in [0.25, 0.3) is 0 Å². The minimum Gasteiger partial charge on any atom is -0.496 e. The normalized spacial score (nSPS) is 11.5. The fourth-order valence-electron chi connectivity index (χ4n) is 5.21. The van der Waals surface area contributed by atoms with Gasteiger partial charge in [-0.2, -0.15) is 5.10 Å². The summed E-state index contributed by atoms with van der Waals surface area (Å²) < 4.78 is 13.0. The minimum atomic E-state index is -0.367. The quantitative estimate of drug-likeness (QED) is 0.196. The van der Waals surface area contributed by atoms with E-state index in [4.69, 9.17) is 14.3 Å². The number of hydrogen-bond donors (Lipinski definition) is 2. The monoisotopic (exact) mass is 585 g/mol. The van der Waals surface area contributed by atoms with Gasteiger partial charge in [-0.25, -0.2) is 9.48 Å². The highest BCUT2D eigenvalue weighted by Gasteiger charge is 2.22. The lowest BCUT2D eigenvalue weighted by atomic mass is 9.92. The van der Waals surface area contributed by atoms with E-state index in [0.29, 0.717) is 17.9 Å². The minimum absolute atomic E-state index is 0.206. The van der Waals surface area contributed by atoms with E-state index in [1.54, 1.807) is 24.3 Å². The predicted molar refractivity (Wildman–Crippen MR) is 175 cm³/mol. The number of hydrogen-bond acceptors (Lipinski definition) is 5. The van der Waals surface area contributed by atoms with Crippen molar-refractivity contribution in [3.8, 4) is 22.6 Å². The third-order valence-electron chi connectivity index (χ3n) is 7.57. The number of benzene rings is 3. The van der Waals surface area contributed by atoms with Crippen molar-refractivity contribution in [1.82, 2.24) is 14.8 Å². The average molecular weight is 586 g/mol. The van der Waals surface area contributed by atoms with Gasteiger partial charge in [-0.1, -0.05) is 63.2 Å². The number of furan rings is 1. The van der Waals surface area contributed by atoms with E-state index in [0.717, 1.165) is 56.0 Å². The van der Waals surface area contributed by atoms with Crippen molar-refractivity contribution in [2.75, 3.05) is 17.7 Å². The number of nitrogens with one attached hydrogen (secondary N) is 2. The predicted octanol–water partition coefficient (Wildman–Crippen LogP) is 8.53. The third kappa shape index (κ3) is 5.92. The molecule has 44 heavy (non-hydrogen) atoms. The van der Waals surface area contributed by atoms with Crippen LogP contribution in [-0.2, 0) is 11.8 Å². The Hall–Kier alpha value is -5.37. The summed E-state index contributed by atoms with van der Waals surface area (Å²) >= 11 is 0. The maximum Gasteiger partial charge on any atom is 0.324 e. The molecular formula is C36H35N5O3. The molecular weight excluding hydrogens is 550 g/mol. The highest BCUT2D eigenvalue weighted by molar-refractivity contribution is 6.09. The molecule has 3 aromatic carbocycles. The van der Waals surface area contributed by atoms with Gasteiger partial charge in [0, 0.05) is 34.5 Å². The van der Waals surface area contributed by atoms with Crippen molar-refractivity contribution in [2.45, 2.75) is 39.5 Å². The lowest BCUT2D eigenvalue weighted by Gasteiger charge is -2.15. The molecule has 0 fully saturated rings. The number of amides is 2. The van der Waals surface area contributed by atoms with E-state index in [2.05, 4.69) is 54.6 Å². The number of carbonyl (C=O) groups is 1. The van der Waals surface area contributed by atoms with Crippen LogP contribution in [0.15, 0.2) is 102 Å². The molecule has 0 spiro atoms. The summed E-state index contributed by atoms with van der Waals surface area (Å²) in [5, 5.41) is 12.8. The summed E-state index contributed by atoms with van der Waals surface area (Å²) in [6, 6.07) is 27.5. The number of pyridine rings is 1. The molecule has 8 heteroatoms. The van der Waals surface area contributed by atoms with Gasteiger partial charge >= 0.3 is 6.03 Å². The van der Waals surface area contributed by atoms with Crippen molar-refractivity contribution >= 4 is 28.3 Å². The number of rotatable bonds is 7. The van der Waals surface area contributed by atoms with Crippen molar-refractivity contribution in [3.63, 3.8) is 0 Å². The Kier molecular flexibility index (Phi) is 7.66. The molecule has 222 valence electrons. The molecule has 3 heterocycles. The first-order chi connectivity index (χ1) is 21.2. The SMILES string of the molecule is COc1cc(-c2ccc(NC(=O)Nc3cc(C(C)(C)C)nn3-c3ccc(C)nc3)c3ccccc23)ccc1Cc1ccco1. The Labute approximate surface area is 256 Å². The number of urea groups is 1. The fraction of sp³-hybridized carbons (Fsp3) is 0.194. The molecule has 0 saturated heterocycles. The van der Waals surface area contributed by atoms with Crippen molar-refractivity contribution in [2.24, 2.45) is 0 Å². The number of ether oxygens (including phenoxy) is 1. The molecule has 0 bridgehead atoms. The second-order valence-corrected chi connectivity index (χ2v) is 11.8. The molecule has 6 aromatic rings. The Morgan fingerprint density at radius 1 is 0.932 bits per heavy atom. The molecule has 3 aromatic heterocycles. The maximum absolute atomic E-state index is 13.4. The summed E-state index contributed by atoms with van der Waals surface area (Å²) in [5.74, 6) is 2.23. The number of fused-ring (bicyclic) bond motifs is 1. The van der Waals surface area contributed by atoms with E-state index in [1.807, 2.05) is 73.7 Å². The first-order valence-corrected chi connectivity index (χ1v) is 14.5. The van der Waals surface area contributed by atoms with Gasteiger partial charge in [0.05, 0.1) is 36.6 Å². The summed E-state index contributed by atoms with van der Waals surface area (Å²) in [7, 11) is 1.68. The standard InChI is InChI=1S/C36H35N5O3/c1-23-12-15-26(22-37-23)41-34(21-33(40-41)36(2,3)4)39-35(42)38-31-17-16-28(29-10-6-7-11-30(29)31)24-13-14-25(32(20-24)43-5)19-27-9-8-18-44-27/h6-18,20-22H,19H2,1-5H3,(H2,38,39,42). The first-order valence-electron chi connectivity index (χ1n) is 14.5. The van der Waals surface area contributed by atoms with Crippen LogP contribution < -0.4 is 15.4 Å². The summed E-state index contributed by atoms with van der Waals surface area (Å²) in [5.41, 5.74) is 6.11. The number of carbonyl (C=O) groups excluding carboxylic acids is 1. The van der Waals surface area contributed by atoms with Crippen LogP contribution in [0.2, 0.25) is 0 Å². The Bertz CT molecular complexity index is 1930. The van der Waals surface area contributed by atoms with Crippen LogP contribution in [0, 0.1) is 6.92 Å². The summed E-state index contributed by atoms with van der Waals surface area (Å²) in [4.78, 5) is 17.8. The van der Waals surface area contributed by atoms with Gasteiger partial charge in [-0.15, -0.1) is 0 Å². The molecule has 0 atom stereocenters. The smallest absolute Gasteiger partial charge is 0.324 e. The molecule has 0 radical (unpaired) electrons. The van der Waals surface area contributed by atoms with E-state index in [-0.39, 0.29) is 11.4 Å². The molecule has 0 aliphatic rings. The van der Waals surface area contributed by atoms with Gasteiger partial charge in [-0.3, -0.25) is 10.3 Å². The topological polar surface area (TPSA) is 94.2 Å². The van der Waals surface area contributed by atoms with Gasteiger partial charge < -0.3 is 14.5 Å². The van der Waals surface area contributed by atoms with E-state index >= 15 is 0 Å². The van der Waals surface area contributed by atoms with Crippen LogP contribution in [0.4, 0.5) is 16.3 Å². The molecule has 0 unspecified atom stereocenters. The molecule has 0 saturated carbocycles. The number of aromatic nitrogens is 3. The average Bonchev–Trinajstić information content (AvgIpc) is 3.68. The molecule has 8 nitrogen and oxygen atoms in total. The number of methoxy groups -OCH3 is 1. The Morgan fingerprint density at radius 3 is 2.45 bits per heavy atom. The number of nitrogens with zero attached hydrogens (tertiary/aromatic N) is 3. The zero-order chi connectivity index (χ0) is 30.8. The molecule has 2 N–H and O–H groups in total. The van der Waals surface area contributed by atoms with Gasteiger partial charge in [-0.05, 0) is 59.8 Å². The van der Waals surface area contributed by atoms with Crippen LogP contribution in [0.25, 0.3) is 27.6 Å². The molecule has 2 amide bonds. The Balaban J connectivity index is 1.29. The molecule has 6 rings (SSSR count). The molecule has 0 aliphatic heterocycles. The number of aryl methyl sites for hydroxylation is 1. The van der Waals surface area contributed by atoms with Gasteiger partial charge in [0.15, 0.2) is 0 Å². The van der Waals surface area contributed by atoms with E-state index in [1.165, 1.54) is 0 Å². The lowest BCUT2D eigenvalue weighted by Crippen LogP contribution is -2.21. The third-order valence-corrected chi connectivity index (χ3v) is 7.57. The maximum atomic E-state index is 13.4. The number of anilines is 2. The van der Waals surface area contributed by atoms with E-state index < -0.39 is 0 Å². The molecule has 0 aliphatic carbocycles. The highest BCUT2D eigenvalue weighted by Crippen LogP contribution is 2.36. The zero-order valence-corrected chi connectivity index (χ0v) is 25.5. The lowest BCUT2D eigenvalue weighted by molar-refractivity contribution is 0.262. The van der Waals surface area contributed by atoms with Crippen LogP contribution in [0.3, 0.4) is 0 Å². The first kappa shape index (κ1) is 28.7. The zero-order valence-electron chi connectivity index (χ0n) is 25.5. The van der Waals surface area contributed by atoms with Crippen LogP contribution in [0.5, 0.6) is 5.75 Å². The Morgan fingerprint density at radius 2 is 1.75 bits per heavy atom. The van der Waals surface area contributed by atoms with Crippen LogP contribution in [0.1, 0.15) is 43.5 Å². The van der Waals surface area contributed by atoms with Crippen molar-refractivity contribution in [1.29, 1.82) is 0 Å². The highest BCUT2D eigenvalue weighted by atomic mass is 16.5. The van der Waals surface area contributed by atoms with Crippen molar-refractivity contribution < 1.29 is 13.9 Å². The van der Waals surface area contributed by atoms with Crippen LogP contribution >= 0.6 is 0 Å². The largest absolute Gasteiger partial charge is 0.496 e. The summed E-state index contributed by atoms with van der Waals surface area (Å²) in [6.07, 6.45) is 4.08. The fourth-order valence-corrected chi connectivity index (χ4v) is 5.21. The second kappa shape index (κ2) is 11.7. The van der Waals surface area contributed by atoms with Crippen LogP contribution in [-0.4, -0.2) is 27.9 Å². The van der Waals surface area contributed by atoms with Crippen molar-refractivity contribution in [3.05, 3.63) is 120 Å². The summed E-state index contributed by atoms with van der Waals surface area (Å²) in [6.45, 7) is 8.20. The second-order valence-electron chi connectivity index (χ2n) is 11.8. The van der Waals surface area contributed by atoms with Gasteiger partial charge in [0.2, 0.25) is 0 Å².